The number of para-hydroxylation sites is 2. The zero-order chi connectivity index (χ0) is 28.8. The maximum absolute atomic E-state index is 13.8. The highest BCUT2D eigenvalue weighted by atomic mass is 35.5. The van der Waals surface area contributed by atoms with Crippen molar-refractivity contribution in [3.8, 4) is 11.5 Å². The Hall–Kier alpha value is -3.91. The van der Waals surface area contributed by atoms with Crippen molar-refractivity contribution in [2.45, 2.75) is 19.8 Å². The van der Waals surface area contributed by atoms with E-state index in [-0.39, 0.29) is 18.4 Å². The van der Waals surface area contributed by atoms with E-state index in [4.69, 9.17) is 21.1 Å². The van der Waals surface area contributed by atoms with Crippen molar-refractivity contribution in [3.05, 3.63) is 77.3 Å². The van der Waals surface area contributed by atoms with Crippen molar-refractivity contribution in [1.29, 1.82) is 0 Å². The summed E-state index contributed by atoms with van der Waals surface area (Å²) in [6, 6.07) is 20.5. The highest BCUT2D eigenvalue weighted by Crippen LogP contribution is 2.32. The number of anilines is 3. The lowest BCUT2D eigenvalue weighted by atomic mass is 9.98. The Morgan fingerprint density at radius 1 is 0.878 bits per heavy atom. The number of ether oxygens (including phenoxy) is 2. The van der Waals surface area contributed by atoms with Gasteiger partial charge in [-0.3, -0.25) is 9.59 Å². The predicted molar refractivity (Wildman–Crippen MR) is 164 cm³/mol. The Bertz CT molecular complexity index is 1350. The Labute approximate surface area is 246 Å². The Balaban J connectivity index is 1.31. The summed E-state index contributed by atoms with van der Waals surface area (Å²) in [6.07, 6.45) is 1.99. The number of piperidine rings is 1. The first-order valence-corrected chi connectivity index (χ1v) is 14.5. The lowest BCUT2D eigenvalue weighted by Gasteiger charge is -2.39. The number of halogens is 1. The van der Waals surface area contributed by atoms with Gasteiger partial charge in [-0.25, -0.2) is 0 Å². The molecule has 0 atom stereocenters. The second kappa shape index (κ2) is 13.2. The second-order valence-electron chi connectivity index (χ2n) is 10.6. The molecule has 2 saturated heterocycles. The van der Waals surface area contributed by atoms with Crippen LogP contribution >= 0.6 is 11.6 Å². The van der Waals surface area contributed by atoms with Crippen LogP contribution in [0, 0.1) is 5.92 Å². The fraction of sp³-hybridized carbons (Fsp3) is 0.375. The summed E-state index contributed by atoms with van der Waals surface area (Å²) in [6.45, 7) is 6.69. The quantitative estimate of drug-likeness (QED) is 0.378. The van der Waals surface area contributed by atoms with E-state index >= 15 is 0 Å². The zero-order valence-corrected chi connectivity index (χ0v) is 24.4. The molecule has 0 aliphatic carbocycles. The third-order valence-corrected chi connectivity index (χ3v) is 8.06. The monoisotopic (exact) mass is 576 g/mol. The van der Waals surface area contributed by atoms with E-state index in [1.54, 1.807) is 31.4 Å². The van der Waals surface area contributed by atoms with Gasteiger partial charge >= 0.3 is 0 Å². The van der Waals surface area contributed by atoms with Crippen LogP contribution in [-0.2, 0) is 4.79 Å². The van der Waals surface area contributed by atoms with Crippen LogP contribution in [0.3, 0.4) is 0 Å². The number of likely N-dealkylation sites (tertiary alicyclic amines) is 1. The van der Waals surface area contributed by atoms with E-state index in [1.165, 1.54) is 0 Å². The molecule has 0 saturated carbocycles. The van der Waals surface area contributed by atoms with Gasteiger partial charge in [0.1, 0.15) is 11.5 Å². The second-order valence-corrected chi connectivity index (χ2v) is 11.1. The minimum atomic E-state index is -0.302. The summed E-state index contributed by atoms with van der Waals surface area (Å²) in [5.41, 5.74) is 3.15. The molecule has 3 aromatic rings. The van der Waals surface area contributed by atoms with E-state index in [9.17, 15) is 9.59 Å². The van der Waals surface area contributed by atoms with Crippen LogP contribution in [0.15, 0.2) is 66.7 Å². The number of benzene rings is 3. The van der Waals surface area contributed by atoms with Crippen molar-refractivity contribution >= 4 is 40.5 Å². The maximum Gasteiger partial charge on any atom is 0.262 e. The van der Waals surface area contributed by atoms with E-state index in [1.807, 2.05) is 41.3 Å². The normalized spacial score (nSPS) is 15.9. The van der Waals surface area contributed by atoms with Crippen molar-refractivity contribution in [3.63, 3.8) is 0 Å². The van der Waals surface area contributed by atoms with Gasteiger partial charge in [0, 0.05) is 55.7 Å². The third-order valence-electron chi connectivity index (χ3n) is 7.81. The number of rotatable bonds is 8. The van der Waals surface area contributed by atoms with Gasteiger partial charge in [0.25, 0.3) is 11.8 Å². The summed E-state index contributed by atoms with van der Waals surface area (Å²) in [4.78, 5) is 33.1. The van der Waals surface area contributed by atoms with Crippen LogP contribution in [0.25, 0.3) is 0 Å². The molecule has 216 valence electrons. The van der Waals surface area contributed by atoms with E-state index < -0.39 is 0 Å². The fourth-order valence-corrected chi connectivity index (χ4v) is 5.52. The Morgan fingerprint density at radius 2 is 1.54 bits per heavy atom. The van der Waals surface area contributed by atoms with Gasteiger partial charge in [-0.1, -0.05) is 30.7 Å². The Kier molecular flexibility index (Phi) is 9.19. The van der Waals surface area contributed by atoms with E-state index in [0.29, 0.717) is 27.9 Å². The van der Waals surface area contributed by atoms with Gasteiger partial charge in [-0.15, -0.1) is 0 Å². The summed E-state index contributed by atoms with van der Waals surface area (Å²) >= 11 is 5.92. The lowest BCUT2D eigenvalue weighted by molar-refractivity contribution is -0.118. The molecule has 0 spiro atoms. The number of nitrogens with one attached hydrogen (secondary N) is 1. The Morgan fingerprint density at radius 3 is 2.22 bits per heavy atom. The molecule has 0 bridgehead atoms. The molecule has 0 unspecified atom stereocenters. The largest absolute Gasteiger partial charge is 0.495 e. The van der Waals surface area contributed by atoms with E-state index in [2.05, 4.69) is 28.1 Å². The van der Waals surface area contributed by atoms with Crippen molar-refractivity contribution in [1.82, 2.24) is 4.90 Å². The van der Waals surface area contributed by atoms with Crippen LogP contribution in [-0.4, -0.2) is 69.7 Å². The number of piperazine rings is 1. The van der Waals surface area contributed by atoms with Crippen LogP contribution in [0.2, 0.25) is 5.02 Å². The molecule has 2 fully saturated rings. The summed E-state index contributed by atoms with van der Waals surface area (Å²) < 4.78 is 11.2. The topological polar surface area (TPSA) is 74.4 Å². The molecule has 9 heteroatoms. The van der Waals surface area contributed by atoms with Gasteiger partial charge in [0.05, 0.1) is 18.4 Å². The predicted octanol–water partition coefficient (Wildman–Crippen LogP) is 5.56. The van der Waals surface area contributed by atoms with E-state index in [0.717, 1.165) is 69.2 Å². The van der Waals surface area contributed by atoms with Crippen LogP contribution < -0.4 is 24.6 Å². The molecule has 8 nitrogen and oxygen atoms in total. The first-order chi connectivity index (χ1) is 19.9. The zero-order valence-electron chi connectivity index (χ0n) is 23.6. The minimum absolute atomic E-state index is 0.00701. The van der Waals surface area contributed by atoms with Crippen molar-refractivity contribution in [2.75, 3.05) is 68.1 Å². The number of methoxy groups -OCH3 is 1. The average molecular weight is 577 g/mol. The molecule has 3 aromatic carbocycles. The highest BCUT2D eigenvalue weighted by molar-refractivity contribution is 6.30. The molecule has 2 amide bonds. The van der Waals surface area contributed by atoms with Crippen LogP contribution in [0.5, 0.6) is 11.5 Å². The third kappa shape index (κ3) is 7.06. The molecule has 5 rings (SSSR count). The van der Waals surface area contributed by atoms with Gasteiger partial charge in [-0.2, -0.15) is 0 Å². The molecule has 0 aromatic heterocycles. The number of hydrogen-bond acceptors (Lipinski definition) is 6. The standard InChI is InChI=1S/C32H37ClN4O4/c1-23-13-15-37(16-14-23)32(39)27-21-25(34-31(38)22-41-26-10-7-24(33)8-11-26)9-12-28(27)35-17-19-36(20-18-35)29-5-3-4-6-30(29)40-2/h3-12,21,23H,13-20,22H2,1-2H3,(H,34,38). The molecule has 41 heavy (non-hydrogen) atoms. The van der Waals surface area contributed by atoms with Crippen molar-refractivity contribution < 1.29 is 19.1 Å². The number of hydrogen-bond donors (Lipinski definition) is 1. The van der Waals surface area contributed by atoms with Crippen molar-refractivity contribution in [2.24, 2.45) is 5.92 Å². The van der Waals surface area contributed by atoms with Crippen LogP contribution in [0.1, 0.15) is 30.1 Å². The maximum atomic E-state index is 13.8. The van der Waals surface area contributed by atoms with Gasteiger partial charge in [0.15, 0.2) is 6.61 Å². The lowest BCUT2D eigenvalue weighted by Crippen LogP contribution is -2.47. The summed E-state index contributed by atoms with van der Waals surface area (Å²) in [7, 11) is 1.69. The SMILES string of the molecule is COc1ccccc1N1CCN(c2ccc(NC(=O)COc3ccc(Cl)cc3)cc2C(=O)N2CCC(C)CC2)CC1. The highest BCUT2D eigenvalue weighted by Gasteiger charge is 2.27. The first-order valence-electron chi connectivity index (χ1n) is 14.2. The first kappa shape index (κ1) is 28.6. The van der Waals surface area contributed by atoms with Gasteiger partial charge < -0.3 is 29.5 Å². The molecular weight excluding hydrogens is 540 g/mol. The minimum Gasteiger partial charge on any atom is -0.495 e. The summed E-state index contributed by atoms with van der Waals surface area (Å²) in [5.74, 6) is 1.74. The molecular formula is C32H37ClN4O4. The number of nitrogens with zero attached hydrogens (tertiary/aromatic N) is 3. The van der Waals surface area contributed by atoms with Gasteiger partial charge in [-0.05, 0) is 73.4 Å². The average Bonchev–Trinajstić information content (AvgIpc) is 3.01. The fourth-order valence-electron chi connectivity index (χ4n) is 5.40. The molecule has 0 radical (unpaired) electrons. The molecule has 2 aliphatic heterocycles. The molecule has 2 heterocycles. The smallest absolute Gasteiger partial charge is 0.262 e. The number of carbonyl (C=O) groups is 2. The molecule has 2 aliphatic rings. The van der Waals surface area contributed by atoms with Gasteiger partial charge in [0.2, 0.25) is 0 Å². The number of amides is 2. The summed E-state index contributed by atoms with van der Waals surface area (Å²) in [5, 5.41) is 3.50. The number of carbonyl (C=O) groups excluding carboxylic acids is 2. The molecule has 1 N–H and O–H groups in total. The van der Waals surface area contributed by atoms with Crippen LogP contribution in [0.4, 0.5) is 17.1 Å².